The second kappa shape index (κ2) is 4.71. The molecule has 0 aliphatic rings. The molecule has 0 N–H and O–H groups in total. The fraction of sp³-hybridized carbons (Fsp3) is 0. The molecule has 0 saturated carbocycles. The number of fused-ring (bicyclic) bond motifs is 1. The molecule has 3 rings (SSSR count). The first-order valence-corrected chi connectivity index (χ1v) is 6.86. The van der Waals surface area contributed by atoms with Crippen LogP contribution in [0.4, 0.5) is 4.39 Å². The molecule has 1 unspecified atom stereocenters. The third-order valence-corrected chi connectivity index (χ3v) is 4.00. The average Bonchev–Trinajstić information content (AvgIpc) is 2.87. The van der Waals surface area contributed by atoms with Crippen molar-refractivity contribution in [2.24, 2.45) is 0 Å². The summed E-state index contributed by atoms with van der Waals surface area (Å²) < 4.78 is 26.6. The molecule has 96 valence electrons. The summed E-state index contributed by atoms with van der Waals surface area (Å²) in [5, 5.41) is 4.43. The quantitative estimate of drug-likeness (QED) is 0.730. The van der Waals surface area contributed by atoms with E-state index in [9.17, 15) is 8.60 Å². The number of hydrogen-bond donors (Lipinski definition) is 0. The van der Waals surface area contributed by atoms with Crippen molar-refractivity contribution in [3.05, 3.63) is 53.6 Å². The van der Waals surface area contributed by atoms with E-state index in [2.05, 4.69) is 10.1 Å². The first-order valence-electron chi connectivity index (χ1n) is 5.33. The molecule has 1 atom stereocenters. The minimum absolute atomic E-state index is 0.0836. The van der Waals surface area contributed by atoms with Gasteiger partial charge in [-0.3, -0.25) is 0 Å². The van der Waals surface area contributed by atoms with Gasteiger partial charge in [-0.1, -0.05) is 11.6 Å². The van der Waals surface area contributed by atoms with Crippen molar-refractivity contribution in [3.63, 3.8) is 0 Å². The Balaban J connectivity index is 2.08. The normalized spacial score (nSPS) is 12.7. The van der Waals surface area contributed by atoms with Gasteiger partial charge in [0.15, 0.2) is 5.15 Å². The molecular weight excluding hydrogens is 289 g/mol. The molecule has 2 aromatic heterocycles. The van der Waals surface area contributed by atoms with Crippen molar-refractivity contribution in [1.82, 2.24) is 14.6 Å². The van der Waals surface area contributed by atoms with Crippen LogP contribution >= 0.6 is 11.6 Å². The molecule has 7 heteroatoms. The Kier molecular flexibility index (Phi) is 3.04. The molecule has 0 aliphatic heterocycles. The Labute approximate surface area is 115 Å². The van der Waals surface area contributed by atoms with Crippen molar-refractivity contribution in [1.29, 1.82) is 0 Å². The standard InChI is InChI=1S/C12H7ClFN3OS/c13-11-10-2-1-7-17(10)16-12(15-11)19(18)9-5-3-8(14)4-6-9/h1-7H. The molecule has 0 saturated heterocycles. The lowest BCUT2D eigenvalue weighted by atomic mass is 10.4. The molecule has 0 fully saturated rings. The number of benzene rings is 1. The minimum atomic E-state index is -1.60. The van der Waals surface area contributed by atoms with Crippen LogP contribution in [0.1, 0.15) is 0 Å². The van der Waals surface area contributed by atoms with Crippen LogP contribution in [0.3, 0.4) is 0 Å². The van der Waals surface area contributed by atoms with E-state index >= 15 is 0 Å². The van der Waals surface area contributed by atoms with Crippen molar-refractivity contribution in [2.45, 2.75) is 10.1 Å². The molecule has 0 spiro atoms. The summed E-state index contributed by atoms with van der Waals surface area (Å²) >= 11 is 5.99. The summed E-state index contributed by atoms with van der Waals surface area (Å²) in [5.74, 6) is -0.388. The number of rotatable bonds is 2. The monoisotopic (exact) mass is 295 g/mol. The van der Waals surface area contributed by atoms with Gasteiger partial charge in [0.05, 0.1) is 0 Å². The number of halogens is 2. The van der Waals surface area contributed by atoms with Crippen LogP contribution in [0.15, 0.2) is 52.6 Å². The van der Waals surface area contributed by atoms with E-state index in [1.54, 1.807) is 18.3 Å². The van der Waals surface area contributed by atoms with Gasteiger partial charge >= 0.3 is 0 Å². The minimum Gasteiger partial charge on any atom is -0.246 e. The highest BCUT2D eigenvalue weighted by atomic mass is 35.5. The van der Waals surface area contributed by atoms with E-state index in [1.165, 1.54) is 28.8 Å². The van der Waals surface area contributed by atoms with Crippen LogP contribution in [0.5, 0.6) is 0 Å². The molecule has 1 aromatic carbocycles. The highest BCUT2D eigenvalue weighted by Gasteiger charge is 2.14. The van der Waals surface area contributed by atoms with Gasteiger partial charge in [-0.15, -0.1) is 5.10 Å². The van der Waals surface area contributed by atoms with E-state index in [1.807, 2.05) is 0 Å². The lowest BCUT2D eigenvalue weighted by Gasteiger charge is -2.03. The van der Waals surface area contributed by atoms with Gasteiger partial charge in [-0.2, -0.15) is 0 Å². The zero-order chi connectivity index (χ0) is 13.4. The summed E-state index contributed by atoms with van der Waals surface area (Å²) in [6, 6.07) is 8.87. The van der Waals surface area contributed by atoms with Crippen LogP contribution in [-0.2, 0) is 10.8 Å². The molecule has 19 heavy (non-hydrogen) atoms. The van der Waals surface area contributed by atoms with Gasteiger partial charge < -0.3 is 0 Å². The fourth-order valence-corrected chi connectivity index (χ4v) is 2.83. The maximum atomic E-state index is 12.8. The molecule has 3 aromatic rings. The van der Waals surface area contributed by atoms with Crippen molar-refractivity contribution in [3.8, 4) is 0 Å². The first kappa shape index (κ1) is 12.3. The molecule has 2 heterocycles. The Morgan fingerprint density at radius 3 is 2.68 bits per heavy atom. The van der Waals surface area contributed by atoms with Crippen molar-refractivity contribution >= 4 is 27.9 Å². The third kappa shape index (κ3) is 2.24. The zero-order valence-electron chi connectivity index (χ0n) is 9.46. The van der Waals surface area contributed by atoms with Crippen LogP contribution in [0.25, 0.3) is 5.52 Å². The highest BCUT2D eigenvalue weighted by molar-refractivity contribution is 7.84. The summed E-state index contributed by atoms with van der Waals surface area (Å²) in [5.41, 5.74) is 0.640. The smallest absolute Gasteiger partial charge is 0.244 e. The van der Waals surface area contributed by atoms with Gasteiger partial charge in [0.25, 0.3) is 0 Å². The van der Waals surface area contributed by atoms with E-state index in [0.29, 0.717) is 10.4 Å². The average molecular weight is 296 g/mol. The molecule has 0 radical (unpaired) electrons. The maximum Gasteiger partial charge on any atom is 0.244 e. The Morgan fingerprint density at radius 2 is 1.95 bits per heavy atom. The maximum absolute atomic E-state index is 12.8. The van der Waals surface area contributed by atoms with Gasteiger partial charge in [-0.25, -0.2) is 18.1 Å². The van der Waals surface area contributed by atoms with E-state index in [0.717, 1.165) is 0 Å². The van der Waals surface area contributed by atoms with E-state index < -0.39 is 10.8 Å². The van der Waals surface area contributed by atoms with Crippen LogP contribution in [0.2, 0.25) is 5.15 Å². The number of nitrogens with zero attached hydrogens (tertiary/aromatic N) is 3. The predicted molar refractivity (Wildman–Crippen MR) is 69.1 cm³/mol. The Morgan fingerprint density at radius 1 is 1.21 bits per heavy atom. The topological polar surface area (TPSA) is 47.3 Å². The largest absolute Gasteiger partial charge is 0.246 e. The van der Waals surface area contributed by atoms with Gasteiger partial charge in [0, 0.05) is 11.1 Å². The summed E-state index contributed by atoms with van der Waals surface area (Å²) in [7, 11) is -1.60. The highest BCUT2D eigenvalue weighted by Crippen LogP contribution is 2.18. The van der Waals surface area contributed by atoms with Crippen LogP contribution in [-0.4, -0.2) is 18.8 Å². The van der Waals surface area contributed by atoms with Crippen molar-refractivity contribution < 1.29 is 8.60 Å². The lowest BCUT2D eigenvalue weighted by Crippen LogP contribution is -2.04. The van der Waals surface area contributed by atoms with Crippen LogP contribution in [0, 0.1) is 5.82 Å². The molecule has 0 bridgehead atoms. The van der Waals surface area contributed by atoms with E-state index in [4.69, 9.17) is 11.6 Å². The predicted octanol–water partition coefficient (Wildman–Crippen LogP) is 2.69. The van der Waals surface area contributed by atoms with Gasteiger partial charge in [0.1, 0.15) is 22.1 Å². The second-order valence-corrected chi connectivity index (χ2v) is 5.48. The Hall–Kier alpha value is -1.79. The van der Waals surface area contributed by atoms with Gasteiger partial charge in [0.2, 0.25) is 5.16 Å². The summed E-state index contributed by atoms with van der Waals surface area (Å²) in [6.45, 7) is 0. The SMILES string of the molecule is O=S(c1ccc(F)cc1)c1nc(Cl)c2cccn2n1. The third-order valence-electron chi connectivity index (χ3n) is 2.52. The molecule has 0 amide bonds. The fourth-order valence-electron chi connectivity index (χ4n) is 1.62. The molecular formula is C12H7ClFN3OS. The summed E-state index contributed by atoms with van der Waals surface area (Å²) in [4.78, 5) is 4.43. The lowest BCUT2D eigenvalue weighted by molar-refractivity contribution is 0.626. The second-order valence-electron chi connectivity index (χ2n) is 3.75. The van der Waals surface area contributed by atoms with E-state index in [-0.39, 0.29) is 16.1 Å². The molecule has 0 aliphatic carbocycles. The first-order chi connectivity index (χ1) is 9.15. The Bertz CT molecular complexity index is 772. The number of aromatic nitrogens is 3. The zero-order valence-corrected chi connectivity index (χ0v) is 11.0. The number of hydrogen-bond acceptors (Lipinski definition) is 3. The summed E-state index contributed by atoms with van der Waals surface area (Å²) in [6.07, 6.45) is 1.69. The van der Waals surface area contributed by atoms with Crippen molar-refractivity contribution in [2.75, 3.05) is 0 Å². The van der Waals surface area contributed by atoms with Gasteiger partial charge in [-0.05, 0) is 36.4 Å². The van der Waals surface area contributed by atoms with Crippen LogP contribution < -0.4 is 0 Å². The molecule has 4 nitrogen and oxygen atoms in total.